The zero-order valence-corrected chi connectivity index (χ0v) is 15.9. The summed E-state index contributed by atoms with van der Waals surface area (Å²) in [7, 11) is 3.12. The summed E-state index contributed by atoms with van der Waals surface area (Å²) in [5, 5.41) is 5.99. The first-order chi connectivity index (χ1) is 13.0. The summed E-state index contributed by atoms with van der Waals surface area (Å²) < 4.78 is 10.4. The predicted molar refractivity (Wildman–Crippen MR) is 105 cm³/mol. The van der Waals surface area contributed by atoms with Crippen LogP contribution in [0.2, 0.25) is 5.02 Å². The molecular formula is C20H21ClN2O4. The van der Waals surface area contributed by atoms with Gasteiger partial charge in [0.25, 0.3) is 5.91 Å². The summed E-state index contributed by atoms with van der Waals surface area (Å²) in [5.41, 5.74) is 1.27. The van der Waals surface area contributed by atoms with Gasteiger partial charge in [0, 0.05) is 41.4 Å². The average molecular weight is 389 g/mol. The van der Waals surface area contributed by atoms with Gasteiger partial charge in [-0.1, -0.05) is 11.6 Å². The number of carbonyl (C=O) groups is 2. The lowest BCUT2D eigenvalue weighted by atomic mass is 10.1. The molecule has 0 unspecified atom stereocenters. The van der Waals surface area contributed by atoms with Crippen molar-refractivity contribution in [1.82, 2.24) is 10.6 Å². The number of ether oxygens (including phenoxy) is 2. The second kappa shape index (κ2) is 10.2. The highest BCUT2D eigenvalue weighted by Crippen LogP contribution is 2.25. The lowest BCUT2D eigenvalue weighted by Crippen LogP contribution is -2.33. The Hall–Kier alpha value is -2.99. The minimum Gasteiger partial charge on any atom is -0.497 e. The molecule has 0 aromatic heterocycles. The zero-order valence-electron chi connectivity index (χ0n) is 15.1. The van der Waals surface area contributed by atoms with Crippen molar-refractivity contribution < 1.29 is 19.1 Å². The van der Waals surface area contributed by atoms with E-state index in [1.807, 2.05) is 0 Å². The Morgan fingerprint density at radius 2 is 1.70 bits per heavy atom. The van der Waals surface area contributed by atoms with Crippen LogP contribution in [0.15, 0.2) is 48.5 Å². The Kier molecular flexibility index (Phi) is 7.70. The van der Waals surface area contributed by atoms with Crippen LogP contribution in [0, 0.1) is 0 Å². The molecule has 2 N–H and O–H groups in total. The standard InChI is InChI=1S/C20H21ClN2O4/c1-26-17-9-5-14(18(13-17)27-2)6-10-19(24)22-11-12-23-20(25)15-3-7-16(21)8-4-15/h3-10,13H,11-12H2,1-2H3,(H,22,24)(H,23,25)/b10-6+. The molecule has 0 saturated heterocycles. The van der Waals surface area contributed by atoms with Crippen molar-refractivity contribution in [2.75, 3.05) is 27.3 Å². The van der Waals surface area contributed by atoms with Gasteiger partial charge in [0.05, 0.1) is 14.2 Å². The van der Waals surface area contributed by atoms with Crippen molar-refractivity contribution in [3.63, 3.8) is 0 Å². The summed E-state index contributed by atoms with van der Waals surface area (Å²) in [5.74, 6) is 0.784. The van der Waals surface area contributed by atoms with E-state index in [1.54, 1.807) is 62.8 Å². The third kappa shape index (κ3) is 6.34. The molecular weight excluding hydrogens is 368 g/mol. The first-order valence-corrected chi connectivity index (χ1v) is 8.63. The quantitative estimate of drug-likeness (QED) is 0.538. The molecule has 0 bridgehead atoms. The van der Waals surface area contributed by atoms with Crippen molar-refractivity contribution in [1.29, 1.82) is 0 Å². The highest BCUT2D eigenvalue weighted by molar-refractivity contribution is 6.30. The summed E-state index contributed by atoms with van der Waals surface area (Å²) in [4.78, 5) is 23.8. The van der Waals surface area contributed by atoms with Gasteiger partial charge >= 0.3 is 0 Å². The van der Waals surface area contributed by atoms with Gasteiger partial charge in [-0.25, -0.2) is 0 Å². The molecule has 7 heteroatoms. The van der Waals surface area contributed by atoms with E-state index >= 15 is 0 Å². The summed E-state index contributed by atoms with van der Waals surface area (Å²) >= 11 is 5.79. The number of hydrogen-bond donors (Lipinski definition) is 2. The van der Waals surface area contributed by atoms with Crippen LogP contribution in [-0.4, -0.2) is 39.1 Å². The van der Waals surface area contributed by atoms with E-state index in [9.17, 15) is 9.59 Å². The van der Waals surface area contributed by atoms with E-state index in [-0.39, 0.29) is 11.8 Å². The molecule has 0 aliphatic carbocycles. The summed E-state index contributed by atoms with van der Waals surface area (Å²) in [6, 6.07) is 11.9. The van der Waals surface area contributed by atoms with Gasteiger partial charge in [0.15, 0.2) is 0 Å². The monoisotopic (exact) mass is 388 g/mol. The highest BCUT2D eigenvalue weighted by atomic mass is 35.5. The Balaban J connectivity index is 1.78. The minimum atomic E-state index is -0.270. The summed E-state index contributed by atoms with van der Waals surface area (Å²) in [6.45, 7) is 0.620. The van der Waals surface area contributed by atoms with E-state index < -0.39 is 0 Å². The molecule has 0 heterocycles. The molecule has 27 heavy (non-hydrogen) atoms. The fraction of sp³-hybridized carbons (Fsp3) is 0.200. The van der Waals surface area contributed by atoms with Crippen LogP contribution in [-0.2, 0) is 4.79 Å². The molecule has 0 saturated carbocycles. The number of carbonyl (C=O) groups excluding carboxylic acids is 2. The van der Waals surface area contributed by atoms with Crippen LogP contribution < -0.4 is 20.1 Å². The van der Waals surface area contributed by atoms with Crippen LogP contribution in [0.5, 0.6) is 11.5 Å². The Morgan fingerprint density at radius 3 is 2.37 bits per heavy atom. The second-order valence-electron chi connectivity index (χ2n) is 5.50. The lowest BCUT2D eigenvalue weighted by Gasteiger charge is -2.07. The maximum atomic E-state index is 11.9. The Labute approximate surface area is 163 Å². The largest absolute Gasteiger partial charge is 0.497 e. The molecule has 0 aliphatic heterocycles. The van der Waals surface area contributed by atoms with Gasteiger partial charge in [-0.3, -0.25) is 9.59 Å². The fourth-order valence-electron chi connectivity index (χ4n) is 2.25. The third-order valence-corrected chi connectivity index (χ3v) is 3.92. The van der Waals surface area contributed by atoms with Gasteiger partial charge in [-0.2, -0.15) is 0 Å². The zero-order chi connectivity index (χ0) is 19.6. The SMILES string of the molecule is COc1ccc(/C=C/C(=O)NCCNC(=O)c2ccc(Cl)cc2)c(OC)c1. The molecule has 2 rings (SSSR count). The number of amides is 2. The van der Waals surface area contributed by atoms with E-state index in [0.717, 1.165) is 5.56 Å². The van der Waals surface area contributed by atoms with Gasteiger partial charge < -0.3 is 20.1 Å². The van der Waals surface area contributed by atoms with E-state index in [2.05, 4.69) is 10.6 Å². The minimum absolute atomic E-state index is 0.223. The van der Waals surface area contributed by atoms with Crippen molar-refractivity contribution in [2.24, 2.45) is 0 Å². The fourth-order valence-corrected chi connectivity index (χ4v) is 2.37. The molecule has 0 atom stereocenters. The first kappa shape index (κ1) is 20.3. The number of halogens is 1. The number of nitrogens with one attached hydrogen (secondary N) is 2. The molecule has 2 aromatic rings. The van der Waals surface area contributed by atoms with E-state index in [4.69, 9.17) is 21.1 Å². The number of rotatable bonds is 8. The maximum absolute atomic E-state index is 11.9. The third-order valence-electron chi connectivity index (χ3n) is 3.67. The van der Waals surface area contributed by atoms with Crippen molar-refractivity contribution in [2.45, 2.75) is 0 Å². The normalized spacial score (nSPS) is 10.5. The molecule has 0 fully saturated rings. The van der Waals surface area contributed by atoms with Crippen molar-refractivity contribution >= 4 is 29.5 Å². The number of methoxy groups -OCH3 is 2. The molecule has 0 spiro atoms. The van der Waals surface area contributed by atoms with Crippen molar-refractivity contribution in [3.05, 3.63) is 64.7 Å². The Morgan fingerprint density at radius 1 is 1.00 bits per heavy atom. The van der Waals surface area contributed by atoms with Crippen LogP contribution in [0.25, 0.3) is 6.08 Å². The second-order valence-corrected chi connectivity index (χ2v) is 5.93. The van der Waals surface area contributed by atoms with E-state index in [0.29, 0.717) is 35.2 Å². The average Bonchev–Trinajstić information content (AvgIpc) is 2.69. The smallest absolute Gasteiger partial charge is 0.251 e. The lowest BCUT2D eigenvalue weighted by molar-refractivity contribution is -0.116. The van der Waals surface area contributed by atoms with Crippen LogP contribution in [0.3, 0.4) is 0 Å². The van der Waals surface area contributed by atoms with Gasteiger partial charge in [-0.05, 0) is 42.5 Å². The maximum Gasteiger partial charge on any atom is 0.251 e. The number of hydrogen-bond acceptors (Lipinski definition) is 4. The van der Waals surface area contributed by atoms with E-state index in [1.165, 1.54) is 6.08 Å². The van der Waals surface area contributed by atoms with Gasteiger partial charge in [-0.15, -0.1) is 0 Å². The van der Waals surface area contributed by atoms with Crippen LogP contribution in [0.1, 0.15) is 15.9 Å². The van der Waals surface area contributed by atoms with Crippen LogP contribution in [0.4, 0.5) is 0 Å². The first-order valence-electron chi connectivity index (χ1n) is 8.25. The van der Waals surface area contributed by atoms with Crippen LogP contribution >= 0.6 is 11.6 Å². The van der Waals surface area contributed by atoms with Gasteiger partial charge in [0.2, 0.25) is 5.91 Å². The molecule has 2 aromatic carbocycles. The number of benzene rings is 2. The highest BCUT2D eigenvalue weighted by Gasteiger charge is 2.05. The predicted octanol–water partition coefficient (Wildman–Crippen LogP) is 2.92. The molecule has 142 valence electrons. The Bertz CT molecular complexity index is 819. The molecule has 6 nitrogen and oxygen atoms in total. The van der Waals surface area contributed by atoms with Crippen molar-refractivity contribution in [3.8, 4) is 11.5 Å². The summed E-state index contributed by atoms with van der Waals surface area (Å²) in [6.07, 6.45) is 3.06. The molecule has 0 aliphatic rings. The molecule has 0 radical (unpaired) electrons. The topological polar surface area (TPSA) is 76.7 Å². The van der Waals surface area contributed by atoms with Gasteiger partial charge in [0.1, 0.15) is 11.5 Å². The molecule has 2 amide bonds.